The van der Waals surface area contributed by atoms with E-state index >= 15 is 0 Å². The highest BCUT2D eigenvalue weighted by molar-refractivity contribution is 5.97. The van der Waals surface area contributed by atoms with Crippen LogP contribution in [0.15, 0.2) is 35.7 Å². The second kappa shape index (κ2) is 25.5. The van der Waals surface area contributed by atoms with Crippen molar-refractivity contribution in [3.05, 3.63) is 47.5 Å². The first-order valence-corrected chi connectivity index (χ1v) is 22.2. The number of hydrogen-bond donors (Lipinski definition) is 10. The fourth-order valence-corrected chi connectivity index (χ4v) is 7.84. The van der Waals surface area contributed by atoms with E-state index in [1.54, 1.807) is 27.7 Å². The first-order chi connectivity index (χ1) is 31.8. The van der Waals surface area contributed by atoms with Crippen molar-refractivity contribution in [1.82, 2.24) is 30.8 Å². The van der Waals surface area contributed by atoms with Crippen LogP contribution in [-0.2, 0) is 57.4 Å². The van der Waals surface area contributed by atoms with Crippen LogP contribution in [-0.4, -0.2) is 127 Å². The molecular formula is C44H63F3N10O11. The SMILES string of the molecule is CC[C@H](C)[C@H](CC(=O)[C@H](Cc1ccc(O)c(C(F)(F)[18F])c1)NC(=O)[C@@H](CC(=O)[C@H](CCCN=C(N)N)NC(=O)[C@@H](N)CC(=O)O)C(C)C)C(=O)N[C@@H](Cc1cnc[nH]1)C(=O)N1CCC[C@H]1C(=O)O. The van der Waals surface area contributed by atoms with Crippen molar-refractivity contribution < 1.29 is 66.8 Å². The average Bonchev–Trinajstić information content (AvgIpc) is 3.97. The van der Waals surface area contributed by atoms with Crippen molar-refractivity contribution in [2.24, 2.45) is 45.9 Å². The van der Waals surface area contributed by atoms with Crippen LogP contribution in [0.4, 0.5) is 13.2 Å². The summed E-state index contributed by atoms with van der Waals surface area (Å²) in [5, 5.41) is 36.7. The highest BCUT2D eigenvalue weighted by atomic mass is 19.3. The molecule has 68 heavy (non-hydrogen) atoms. The third-order valence-corrected chi connectivity index (χ3v) is 12.0. The fourth-order valence-electron chi connectivity index (χ4n) is 7.84. The number of aliphatic imine (C=N–C) groups is 1. The standard InChI is InChI=1S/C44H63F3N10O11/c1-5-23(4)27(39(64)56-32(16-25-20-51-21-53-25)41(66)57-13-7-9-33(57)42(67)68)18-36(60)31(15-24-10-11-34(58)28(14-24)44(45,46)47)55-38(63)26(22(2)3)17-35(59)30(8-6-12-52-43(49)50)54-40(65)29(48)19-37(61)62/h10-11,14,20-23,26-27,29-33,58H,5-9,12-13,15-19,48H2,1-4H3,(H,51,53)(H,54,65)(H,55,63)(H,56,64)(H,61,62)(H,67,68)(H4,49,50,52)/t23-,26-,27-,29-,30-,31-,32-,33-/m0/s1/i45-1. The summed E-state index contributed by atoms with van der Waals surface area (Å²) in [5.41, 5.74) is 15.4. The number of benzene rings is 1. The number of H-pyrrole nitrogens is 1. The topological polar surface area (TPSA) is 356 Å². The van der Waals surface area contributed by atoms with Gasteiger partial charge in [-0.15, -0.1) is 0 Å². The average molecular weight is 964 g/mol. The summed E-state index contributed by atoms with van der Waals surface area (Å²) < 4.78 is 41.8. The number of aliphatic carboxylic acids is 2. The molecule has 3 rings (SSSR count). The number of aromatic amines is 1. The third-order valence-electron chi connectivity index (χ3n) is 12.0. The number of guanidine groups is 1. The molecule has 0 bridgehead atoms. The minimum atomic E-state index is -5.01. The Morgan fingerprint density at radius 1 is 0.897 bits per heavy atom. The molecule has 0 unspecified atom stereocenters. The summed E-state index contributed by atoms with van der Waals surface area (Å²) in [6.45, 7) is 6.73. The number of imidazole rings is 1. The van der Waals surface area contributed by atoms with Gasteiger partial charge in [-0.25, -0.2) is 9.78 Å². The number of carboxylic acids is 2. The van der Waals surface area contributed by atoms with Crippen molar-refractivity contribution in [3.8, 4) is 5.75 Å². The highest BCUT2D eigenvalue weighted by Crippen LogP contribution is 2.36. The number of hydrogen-bond acceptors (Lipinski definition) is 12. The van der Waals surface area contributed by atoms with Crippen LogP contribution in [0.2, 0.25) is 0 Å². The predicted octanol–water partition coefficient (Wildman–Crippen LogP) is 1.16. The summed E-state index contributed by atoms with van der Waals surface area (Å²) >= 11 is 0. The lowest BCUT2D eigenvalue weighted by Crippen LogP contribution is -2.54. The third kappa shape index (κ3) is 16.6. The minimum Gasteiger partial charge on any atom is -0.507 e. The van der Waals surface area contributed by atoms with E-state index in [2.05, 4.69) is 30.9 Å². The number of aromatic nitrogens is 2. The van der Waals surface area contributed by atoms with E-state index in [0.717, 1.165) is 12.1 Å². The molecule has 0 spiro atoms. The molecule has 0 radical (unpaired) electrons. The van der Waals surface area contributed by atoms with Crippen LogP contribution in [0.5, 0.6) is 5.75 Å². The number of carbonyl (C=O) groups is 8. The van der Waals surface area contributed by atoms with Gasteiger partial charge in [0, 0.05) is 56.1 Å². The molecule has 8 atom stereocenters. The van der Waals surface area contributed by atoms with Crippen molar-refractivity contribution in [3.63, 3.8) is 0 Å². The van der Waals surface area contributed by atoms with Gasteiger partial charge in [0.15, 0.2) is 17.5 Å². The maximum absolute atomic E-state index is 14.5. The van der Waals surface area contributed by atoms with Gasteiger partial charge in [0.05, 0.1) is 36.4 Å². The maximum atomic E-state index is 14.5. The molecule has 1 aromatic heterocycles. The number of carboxylic acid groups (broad SMARTS) is 2. The van der Waals surface area contributed by atoms with Crippen molar-refractivity contribution >= 4 is 53.1 Å². The number of rotatable bonds is 27. The number of halogens is 3. The Bertz CT molecular complexity index is 2130. The normalized spacial score (nSPS) is 16.9. The maximum Gasteiger partial charge on any atom is 0.419 e. The van der Waals surface area contributed by atoms with Crippen LogP contribution in [0.3, 0.4) is 0 Å². The summed E-state index contributed by atoms with van der Waals surface area (Å²) in [7, 11) is 0. The number of likely N-dealkylation sites (tertiary alicyclic amines) is 1. The van der Waals surface area contributed by atoms with Crippen LogP contribution >= 0.6 is 0 Å². The lowest BCUT2D eigenvalue weighted by atomic mass is 9.83. The first kappa shape index (κ1) is 55.7. The van der Waals surface area contributed by atoms with Crippen molar-refractivity contribution in [1.29, 1.82) is 0 Å². The molecule has 2 aromatic rings. The zero-order chi connectivity index (χ0) is 51.0. The zero-order valence-corrected chi connectivity index (χ0v) is 38.4. The Labute approximate surface area is 390 Å². The predicted molar refractivity (Wildman–Crippen MR) is 238 cm³/mol. The molecule has 0 saturated carbocycles. The number of nitrogens with zero attached hydrogens (tertiary/aromatic N) is 3. The van der Waals surface area contributed by atoms with E-state index in [0.29, 0.717) is 24.6 Å². The van der Waals surface area contributed by atoms with E-state index in [1.165, 1.54) is 17.4 Å². The number of ketones is 2. The highest BCUT2D eigenvalue weighted by Gasteiger charge is 2.41. The summed E-state index contributed by atoms with van der Waals surface area (Å²) in [6, 6.07) is -4.39. The molecule has 0 aliphatic carbocycles. The number of alkyl halides is 3. The van der Waals surface area contributed by atoms with Gasteiger partial charge in [-0.3, -0.25) is 38.6 Å². The number of nitrogens with one attached hydrogen (secondary N) is 4. The molecule has 1 aromatic carbocycles. The number of phenols is 1. The molecule has 1 aliphatic rings. The monoisotopic (exact) mass is 963 g/mol. The minimum absolute atomic E-state index is 0.0366. The first-order valence-electron chi connectivity index (χ1n) is 22.2. The van der Waals surface area contributed by atoms with E-state index in [9.17, 15) is 61.7 Å². The van der Waals surface area contributed by atoms with Gasteiger partial charge in [0.2, 0.25) is 23.6 Å². The van der Waals surface area contributed by atoms with Crippen LogP contribution in [0, 0.1) is 23.7 Å². The van der Waals surface area contributed by atoms with Gasteiger partial charge >= 0.3 is 18.1 Å². The summed E-state index contributed by atoms with van der Waals surface area (Å²) in [6.07, 6.45) is -3.84. The van der Waals surface area contributed by atoms with Gasteiger partial charge in [-0.2, -0.15) is 13.2 Å². The van der Waals surface area contributed by atoms with Crippen LogP contribution in [0.1, 0.15) is 95.9 Å². The van der Waals surface area contributed by atoms with Gasteiger partial charge in [-0.1, -0.05) is 40.2 Å². The smallest absolute Gasteiger partial charge is 0.419 e. The zero-order valence-electron chi connectivity index (χ0n) is 38.4. The second-order valence-electron chi connectivity index (χ2n) is 17.4. The molecule has 4 amide bonds. The lowest BCUT2D eigenvalue weighted by Gasteiger charge is -2.30. The molecule has 1 aliphatic heterocycles. The Morgan fingerprint density at radius 2 is 1.51 bits per heavy atom. The summed E-state index contributed by atoms with van der Waals surface area (Å²) in [4.78, 5) is 119. The molecule has 1 fully saturated rings. The quantitative estimate of drug-likeness (QED) is 0.0341. The van der Waals surface area contributed by atoms with E-state index in [1.807, 2.05) is 0 Å². The number of phenolic OH excluding ortho intramolecular Hbond substituents is 1. The fraction of sp³-hybridized carbons (Fsp3) is 0.591. The van der Waals surface area contributed by atoms with E-state index in [-0.39, 0.29) is 50.3 Å². The number of aromatic hydroxyl groups is 1. The van der Waals surface area contributed by atoms with Crippen molar-refractivity contribution in [2.45, 2.75) is 128 Å². The van der Waals surface area contributed by atoms with Gasteiger partial charge in [0.25, 0.3) is 0 Å². The Hall–Kier alpha value is -6.59. The molecular weight excluding hydrogens is 901 g/mol. The molecule has 13 N–H and O–H groups in total. The molecule has 376 valence electrons. The Kier molecular flexibility index (Phi) is 20.9. The number of nitrogens with two attached hydrogens (primary N) is 3. The lowest BCUT2D eigenvalue weighted by molar-refractivity contribution is -0.149. The second-order valence-corrected chi connectivity index (χ2v) is 17.4. The number of Topliss-reactive ketones (excluding diaryl/α,β-unsaturated/α-hetero) is 2. The van der Waals surface area contributed by atoms with Crippen LogP contribution in [0.25, 0.3) is 0 Å². The summed E-state index contributed by atoms with van der Waals surface area (Å²) in [5.74, 6) is -12.3. The van der Waals surface area contributed by atoms with Gasteiger partial charge < -0.3 is 58.4 Å². The number of carbonyl (C=O) groups excluding carboxylic acids is 6. The Morgan fingerprint density at radius 3 is 2.09 bits per heavy atom. The molecule has 1 saturated heterocycles. The molecule has 2 heterocycles. The van der Waals surface area contributed by atoms with E-state index in [4.69, 9.17) is 22.3 Å². The van der Waals surface area contributed by atoms with Crippen LogP contribution < -0.4 is 33.2 Å². The van der Waals surface area contributed by atoms with Crippen molar-refractivity contribution in [2.75, 3.05) is 13.1 Å². The number of amides is 4. The van der Waals surface area contributed by atoms with Gasteiger partial charge in [0.1, 0.15) is 17.8 Å². The largest absolute Gasteiger partial charge is 0.507 e. The Balaban J connectivity index is 2.00. The molecule has 21 nitrogen and oxygen atoms in total. The van der Waals surface area contributed by atoms with E-state index < -0.39 is 144 Å². The molecule has 24 heteroatoms. The van der Waals surface area contributed by atoms with Gasteiger partial charge in [-0.05, 0) is 61.6 Å².